The van der Waals surface area contributed by atoms with Gasteiger partial charge in [0.05, 0.1) is 0 Å². The van der Waals surface area contributed by atoms with Crippen molar-refractivity contribution in [1.29, 1.82) is 0 Å². The van der Waals surface area contributed by atoms with Crippen LogP contribution in [0.3, 0.4) is 0 Å². The Labute approximate surface area is 398 Å². The highest BCUT2D eigenvalue weighted by Gasteiger charge is 2.55. The quantitative estimate of drug-likeness (QED) is 0.0171. The second-order valence-corrected chi connectivity index (χ2v) is 17.9. The lowest BCUT2D eigenvalue weighted by Crippen LogP contribution is -2.71. The monoisotopic (exact) mass is 943 g/mol. The minimum Gasteiger partial charge on any atom is -0.448 e. The molecule has 14 nitrogen and oxygen atoms in total. The van der Waals surface area contributed by atoms with Crippen LogP contribution in [0, 0.1) is 0 Å². The Morgan fingerprint density at radius 2 is 1.43 bits per heavy atom. The van der Waals surface area contributed by atoms with Gasteiger partial charge in [-0.05, 0) is 55.3 Å². The van der Waals surface area contributed by atoms with E-state index >= 15 is 0 Å². The molecule has 0 spiro atoms. The average Bonchev–Trinajstić information content (AvgIpc) is 4.03. The SMILES string of the molecule is C=CO/N=C(/C(=O)NC1C(=O)N2C(C(=O)OC(c3ccccc3)c3ccccc3)=C(/C=C/Sc3nnnn3C)CSC12)c1csc(NC(c2ccccc2)(c2ccccc2)c2ccccc2)n1. The van der Waals surface area contributed by atoms with Crippen molar-refractivity contribution < 1.29 is 24.0 Å². The predicted octanol–water partition coefficient (Wildman–Crippen LogP) is 8.23. The molecule has 1 fully saturated rings. The van der Waals surface area contributed by atoms with Crippen LogP contribution in [0.2, 0.25) is 0 Å². The summed E-state index contributed by atoms with van der Waals surface area (Å²) in [7, 11) is 1.72. The van der Waals surface area contributed by atoms with E-state index in [2.05, 4.69) is 74.3 Å². The number of anilines is 1. The van der Waals surface area contributed by atoms with Crippen molar-refractivity contribution in [1.82, 2.24) is 35.4 Å². The fourth-order valence-electron chi connectivity index (χ4n) is 7.89. The molecule has 2 aromatic heterocycles. The lowest BCUT2D eigenvalue weighted by molar-refractivity contribution is -0.154. The second kappa shape index (κ2) is 20.3. The van der Waals surface area contributed by atoms with E-state index in [9.17, 15) is 14.4 Å². The molecular formula is C50H41N9O5S3. The first-order chi connectivity index (χ1) is 32.9. The molecule has 2 aliphatic rings. The van der Waals surface area contributed by atoms with Gasteiger partial charge >= 0.3 is 5.97 Å². The molecule has 7 aromatic rings. The first-order valence-electron chi connectivity index (χ1n) is 21.0. The molecular weight excluding hydrogens is 903 g/mol. The number of β-lactam (4-membered cyclic amide) rings is 1. The second-order valence-electron chi connectivity index (χ2n) is 15.1. The summed E-state index contributed by atoms with van der Waals surface area (Å²) in [6.45, 7) is 3.60. The third-order valence-corrected chi connectivity index (χ3v) is 13.9. The predicted molar refractivity (Wildman–Crippen MR) is 259 cm³/mol. The Balaban J connectivity index is 0.996. The smallest absolute Gasteiger partial charge is 0.356 e. The number of fused-ring (bicyclic) bond motifs is 1. The van der Waals surface area contributed by atoms with E-state index in [0.29, 0.717) is 21.6 Å². The molecule has 2 N–H and O–H groups in total. The number of aryl methyl sites for hydroxylation is 1. The minimum atomic E-state index is -1.03. The molecule has 0 bridgehead atoms. The van der Waals surface area contributed by atoms with Crippen LogP contribution < -0.4 is 10.6 Å². The van der Waals surface area contributed by atoms with Crippen LogP contribution in [0.1, 0.15) is 39.6 Å². The molecule has 334 valence electrons. The number of hydrogen-bond donors (Lipinski definition) is 2. The largest absolute Gasteiger partial charge is 0.448 e. The molecule has 5 aromatic carbocycles. The van der Waals surface area contributed by atoms with E-state index in [-0.39, 0.29) is 17.1 Å². The molecule has 0 saturated carbocycles. The first kappa shape index (κ1) is 44.6. The van der Waals surface area contributed by atoms with Gasteiger partial charge in [0.15, 0.2) is 16.9 Å². The molecule has 9 rings (SSSR count). The van der Waals surface area contributed by atoms with Crippen LogP contribution in [0.5, 0.6) is 0 Å². The average molecular weight is 944 g/mol. The number of thiazole rings is 1. The summed E-state index contributed by atoms with van der Waals surface area (Å²) in [5.74, 6) is -1.60. The molecule has 0 radical (unpaired) electrons. The Bertz CT molecular complexity index is 2830. The van der Waals surface area contributed by atoms with Gasteiger partial charge in [0.1, 0.15) is 34.6 Å². The van der Waals surface area contributed by atoms with Crippen LogP contribution in [0.4, 0.5) is 5.13 Å². The Kier molecular flexibility index (Phi) is 13.5. The number of rotatable bonds is 17. The number of hydrogen-bond acceptors (Lipinski definition) is 14. The van der Waals surface area contributed by atoms with E-state index in [1.165, 1.54) is 44.4 Å². The minimum absolute atomic E-state index is 0.0712. The maximum atomic E-state index is 14.6. The number of carbonyl (C=O) groups excluding carboxylic acids is 3. The van der Waals surface area contributed by atoms with Crippen LogP contribution in [-0.4, -0.2) is 70.8 Å². The molecule has 67 heavy (non-hydrogen) atoms. The maximum absolute atomic E-state index is 14.6. The lowest BCUT2D eigenvalue weighted by Gasteiger charge is -2.49. The highest BCUT2D eigenvalue weighted by atomic mass is 32.2. The third-order valence-electron chi connectivity index (χ3n) is 11.0. The summed E-state index contributed by atoms with van der Waals surface area (Å²) in [6, 6.07) is 48.0. The number of nitrogens with one attached hydrogen (secondary N) is 2. The van der Waals surface area contributed by atoms with Crippen LogP contribution >= 0.6 is 34.9 Å². The Hall–Kier alpha value is -7.60. The maximum Gasteiger partial charge on any atom is 0.356 e. The number of allylic oxidation sites excluding steroid dienone is 1. The van der Waals surface area contributed by atoms with Gasteiger partial charge in [-0.2, -0.15) is 0 Å². The number of benzene rings is 5. The van der Waals surface area contributed by atoms with Crippen LogP contribution in [-0.2, 0) is 36.5 Å². The number of oxime groups is 1. The van der Waals surface area contributed by atoms with Crippen LogP contribution in [0.25, 0.3) is 0 Å². The van der Waals surface area contributed by atoms with Crippen molar-refractivity contribution in [2.75, 3.05) is 11.1 Å². The first-order valence-corrected chi connectivity index (χ1v) is 23.8. The Morgan fingerprint density at radius 3 is 1.97 bits per heavy atom. The third kappa shape index (κ3) is 9.29. The topological polar surface area (TPSA) is 166 Å². The van der Waals surface area contributed by atoms with E-state index in [0.717, 1.165) is 34.1 Å². The van der Waals surface area contributed by atoms with E-state index in [4.69, 9.17) is 14.6 Å². The standard InChI is InChI=1S/C50H41N9O5S3/c1-3-63-55-40(39-32-67-48(51-39)53-50(36-23-13-6-14-24-36,37-25-15-7-16-26-37)38-27-17-8-18-28-38)44(60)52-41-45(61)59-42(35(31-66-46(41)59)29-30-65-49-54-56-57-58(49)2)47(62)64-43(33-19-9-4-10-20-33)34-21-11-5-12-22-34/h3-30,32,41,43,46H,1,31H2,2H3,(H,51,53)(H,52,60)/b30-29+,55-40+. The summed E-state index contributed by atoms with van der Waals surface area (Å²) in [5.41, 5.74) is 4.18. The lowest BCUT2D eigenvalue weighted by atomic mass is 9.77. The zero-order valence-corrected chi connectivity index (χ0v) is 38.2. The van der Waals surface area contributed by atoms with Crippen molar-refractivity contribution >= 4 is 63.5 Å². The summed E-state index contributed by atoms with van der Waals surface area (Å²) >= 11 is 3.94. The Morgan fingerprint density at radius 1 is 0.866 bits per heavy atom. The van der Waals surface area contributed by atoms with Gasteiger partial charge in [0.2, 0.25) is 5.16 Å². The molecule has 1 saturated heterocycles. The van der Waals surface area contributed by atoms with Gasteiger partial charge in [-0.15, -0.1) is 28.2 Å². The number of ether oxygens (including phenoxy) is 1. The number of carbonyl (C=O) groups is 3. The fraction of sp³-hybridized carbons (Fsp3) is 0.120. The van der Waals surface area contributed by atoms with E-state index in [1.54, 1.807) is 23.9 Å². The number of nitrogens with zero attached hydrogens (tertiary/aromatic N) is 7. The number of esters is 1. The molecule has 17 heteroatoms. The fourth-order valence-corrected chi connectivity index (χ4v) is 10.6. The number of aromatic nitrogens is 5. The van der Waals surface area contributed by atoms with Crippen molar-refractivity contribution in [3.8, 4) is 0 Å². The number of tetrazole rings is 1. The van der Waals surface area contributed by atoms with Gasteiger partial charge < -0.3 is 20.2 Å². The molecule has 2 amide bonds. The van der Waals surface area contributed by atoms with E-state index < -0.39 is 40.8 Å². The molecule has 2 aliphatic heterocycles. The molecule has 2 unspecified atom stereocenters. The summed E-state index contributed by atoms with van der Waals surface area (Å²) in [6.07, 6.45) is 2.07. The van der Waals surface area contributed by atoms with Gasteiger partial charge in [0, 0.05) is 18.2 Å². The number of amides is 2. The van der Waals surface area contributed by atoms with Gasteiger partial charge in [-0.25, -0.2) is 14.5 Å². The highest BCUT2D eigenvalue weighted by molar-refractivity contribution is 8.02. The normalized spacial score (nSPS) is 16.1. The van der Waals surface area contributed by atoms with Gasteiger partial charge in [-0.1, -0.05) is 175 Å². The molecule has 4 heterocycles. The molecule has 0 aliphatic carbocycles. The molecule has 2 atom stereocenters. The summed E-state index contributed by atoms with van der Waals surface area (Å²) in [4.78, 5) is 54.7. The number of thioether (sulfide) groups is 2. The summed E-state index contributed by atoms with van der Waals surface area (Å²) < 4.78 is 7.84. The van der Waals surface area contributed by atoms with Crippen LogP contribution in [0.15, 0.2) is 203 Å². The van der Waals surface area contributed by atoms with Crippen molar-refractivity contribution in [3.05, 3.63) is 226 Å². The van der Waals surface area contributed by atoms with Gasteiger partial charge in [0.25, 0.3) is 11.8 Å². The van der Waals surface area contributed by atoms with Crippen molar-refractivity contribution in [2.45, 2.75) is 28.2 Å². The van der Waals surface area contributed by atoms with Gasteiger partial charge in [-0.3, -0.25) is 14.5 Å². The highest BCUT2D eigenvalue weighted by Crippen LogP contribution is 2.43. The van der Waals surface area contributed by atoms with E-state index in [1.807, 2.05) is 115 Å². The zero-order valence-electron chi connectivity index (χ0n) is 35.8. The van der Waals surface area contributed by atoms with Crippen molar-refractivity contribution in [3.63, 3.8) is 0 Å². The summed E-state index contributed by atoms with van der Waals surface area (Å²) in [5, 5.41) is 26.1. The zero-order chi connectivity index (χ0) is 46.2. The van der Waals surface area contributed by atoms with Crippen molar-refractivity contribution in [2.24, 2.45) is 12.2 Å².